The lowest BCUT2D eigenvalue weighted by atomic mass is 9.69. The van der Waals surface area contributed by atoms with Crippen LogP contribution >= 0.6 is 0 Å². The third kappa shape index (κ3) is 5.22. The Morgan fingerprint density at radius 1 is 1.33 bits per heavy atom. The van der Waals surface area contributed by atoms with Gasteiger partial charge in [0.25, 0.3) is 7.28 Å². The largest absolute Gasteiger partial charge is 0.364 e. The van der Waals surface area contributed by atoms with Crippen molar-refractivity contribution in [3.63, 3.8) is 0 Å². The molecule has 1 radical (unpaired) electrons. The number of hydrogen-bond donors (Lipinski definition) is 1. The third-order valence-corrected chi connectivity index (χ3v) is 1.96. The molecule has 0 bridgehead atoms. The molecular formula is C11H16BN2O. The van der Waals surface area contributed by atoms with Gasteiger partial charge in [-0.05, 0) is 14.1 Å². The van der Waals surface area contributed by atoms with Crippen molar-refractivity contribution in [3.8, 4) is 0 Å². The summed E-state index contributed by atoms with van der Waals surface area (Å²) >= 11 is 0. The van der Waals surface area contributed by atoms with E-state index in [-0.39, 0.29) is 5.81 Å². The van der Waals surface area contributed by atoms with Crippen molar-refractivity contribution in [1.29, 1.82) is 0 Å². The van der Waals surface area contributed by atoms with E-state index >= 15 is 0 Å². The summed E-state index contributed by atoms with van der Waals surface area (Å²) in [5.74, 6) is -0.0388. The van der Waals surface area contributed by atoms with Gasteiger partial charge in [0, 0.05) is 13.1 Å². The van der Waals surface area contributed by atoms with Crippen LogP contribution in [-0.4, -0.2) is 45.2 Å². The zero-order chi connectivity index (χ0) is 11.1. The lowest BCUT2D eigenvalue weighted by molar-refractivity contribution is 0.258. The average molecular weight is 203 g/mol. The van der Waals surface area contributed by atoms with Gasteiger partial charge in [0.15, 0.2) is 5.81 Å². The van der Waals surface area contributed by atoms with Gasteiger partial charge in [-0.25, -0.2) is 0 Å². The van der Waals surface area contributed by atoms with E-state index in [0.717, 1.165) is 12.0 Å². The standard InChI is InChI=1S/C11H16BN2O/c1-14(2)9-8-13-11(15)12-10-6-4-3-5-7-10/h3-7H,8-9H2,1-2H3,(H,13,15). The molecular weight excluding hydrogens is 187 g/mol. The van der Waals surface area contributed by atoms with Gasteiger partial charge in [-0.1, -0.05) is 35.8 Å². The number of likely N-dealkylation sites (N-methyl/N-ethyl adjacent to an activating group) is 1. The highest BCUT2D eigenvalue weighted by molar-refractivity contribution is 6.83. The number of carbonyl (C=O) groups excluding carboxylic acids is 1. The molecule has 1 rings (SSSR count). The molecule has 1 aromatic carbocycles. The minimum atomic E-state index is -0.0388. The molecule has 1 N–H and O–H groups in total. The van der Waals surface area contributed by atoms with Crippen LogP contribution in [0.3, 0.4) is 0 Å². The Hall–Kier alpha value is -1.29. The molecule has 0 unspecified atom stereocenters. The first kappa shape index (κ1) is 11.8. The van der Waals surface area contributed by atoms with E-state index in [0.29, 0.717) is 6.54 Å². The molecule has 1 amide bonds. The molecule has 0 heterocycles. The van der Waals surface area contributed by atoms with E-state index in [1.54, 1.807) is 7.28 Å². The quantitative estimate of drug-likeness (QED) is 0.697. The third-order valence-electron chi connectivity index (χ3n) is 1.96. The van der Waals surface area contributed by atoms with Gasteiger partial charge in [0.05, 0.1) is 0 Å². The number of benzene rings is 1. The Morgan fingerprint density at radius 2 is 2.00 bits per heavy atom. The van der Waals surface area contributed by atoms with Crippen LogP contribution < -0.4 is 10.8 Å². The second kappa shape index (κ2) is 6.25. The molecule has 0 saturated carbocycles. The van der Waals surface area contributed by atoms with E-state index in [4.69, 9.17) is 0 Å². The molecule has 79 valence electrons. The smallest absolute Gasteiger partial charge is 0.271 e. The van der Waals surface area contributed by atoms with Crippen molar-refractivity contribution >= 4 is 18.5 Å². The summed E-state index contributed by atoms with van der Waals surface area (Å²) in [6.07, 6.45) is 0. The first-order valence-corrected chi connectivity index (χ1v) is 5.01. The fourth-order valence-corrected chi connectivity index (χ4v) is 1.15. The van der Waals surface area contributed by atoms with Gasteiger partial charge in [0.2, 0.25) is 0 Å². The number of amides is 1. The molecule has 0 aromatic heterocycles. The molecule has 0 aliphatic carbocycles. The van der Waals surface area contributed by atoms with Crippen LogP contribution in [0.5, 0.6) is 0 Å². The van der Waals surface area contributed by atoms with Crippen LogP contribution in [0.25, 0.3) is 0 Å². The predicted octanol–water partition coefficient (Wildman–Crippen LogP) is 0.287. The van der Waals surface area contributed by atoms with E-state index in [1.165, 1.54) is 0 Å². The SMILES string of the molecule is CN(C)CCNC(=O)[B]c1ccccc1. The summed E-state index contributed by atoms with van der Waals surface area (Å²) < 4.78 is 0. The summed E-state index contributed by atoms with van der Waals surface area (Å²) in [5.41, 5.74) is 0.930. The number of hydrogen-bond acceptors (Lipinski definition) is 2. The van der Waals surface area contributed by atoms with Crippen LogP contribution in [0.1, 0.15) is 0 Å². The van der Waals surface area contributed by atoms with Gasteiger partial charge in [0.1, 0.15) is 0 Å². The van der Waals surface area contributed by atoms with Gasteiger partial charge < -0.3 is 10.2 Å². The lowest BCUT2D eigenvalue weighted by Gasteiger charge is -2.10. The fourth-order valence-electron chi connectivity index (χ4n) is 1.15. The van der Waals surface area contributed by atoms with Gasteiger partial charge in [-0.2, -0.15) is 0 Å². The number of carbonyl (C=O) groups is 1. The Morgan fingerprint density at radius 3 is 2.60 bits per heavy atom. The maximum absolute atomic E-state index is 11.4. The number of rotatable bonds is 5. The first-order chi connectivity index (χ1) is 7.18. The molecule has 3 nitrogen and oxygen atoms in total. The summed E-state index contributed by atoms with van der Waals surface area (Å²) in [6.45, 7) is 1.53. The number of nitrogens with one attached hydrogen (secondary N) is 1. The van der Waals surface area contributed by atoms with Crippen LogP contribution in [0.15, 0.2) is 30.3 Å². The maximum Gasteiger partial charge on any atom is 0.271 e. The fraction of sp³-hybridized carbons (Fsp3) is 0.364. The summed E-state index contributed by atoms with van der Waals surface area (Å²) in [7, 11) is 5.57. The van der Waals surface area contributed by atoms with Crippen LogP contribution in [0.2, 0.25) is 0 Å². The van der Waals surface area contributed by atoms with Gasteiger partial charge in [-0.3, -0.25) is 4.79 Å². The zero-order valence-electron chi connectivity index (χ0n) is 9.23. The second-order valence-electron chi connectivity index (χ2n) is 3.65. The van der Waals surface area contributed by atoms with Gasteiger partial charge in [-0.15, -0.1) is 0 Å². The predicted molar refractivity (Wildman–Crippen MR) is 63.8 cm³/mol. The minimum Gasteiger partial charge on any atom is -0.364 e. The molecule has 15 heavy (non-hydrogen) atoms. The van der Waals surface area contributed by atoms with Crippen molar-refractivity contribution in [3.05, 3.63) is 30.3 Å². The van der Waals surface area contributed by atoms with E-state index in [1.807, 2.05) is 49.3 Å². The molecule has 0 fully saturated rings. The summed E-state index contributed by atoms with van der Waals surface area (Å²) in [6, 6.07) is 9.58. The Labute approximate surface area is 91.7 Å². The molecule has 1 aromatic rings. The monoisotopic (exact) mass is 203 g/mol. The van der Waals surface area contributed by atoms with Crippen LogP contribution in [0.4, 0.5) is 4.79 Å². The molecule has 0 aliphatic rings. The van der Waals surface area contributed by atoms with Crippen molar-refractivity contribution in [1.82, 2.24) is 10.2 Å². The first-order valence-electron chi connectivity index (χ1n) is 5.01. The highest BCUT2D eigenvalue weighted by atomic mass is 16.1. The van der Waals surface area contributed by atoms with Crippen LogP contribution in [0, 0.1) is 0 Å². The highest BCUT2D eigenvalue weighted by Gasteiger charge is 2.04. The van der Waals surface area contributed by atoms with Crippen molar-refractivity contribution in [2.75, 3.05) is 27.2 Å². The van der Waals surface area contributed by atoms with E-state index < -0.39 is 0 Å². The minimum absolute atomic E-state index is 0.0388. The van der Waals surface area contributed by atoms with E-state index in [2.05, 4.69) is 5.32 Å². The molecule has 0 spiro atoms. The van der Waals surface area contributed by atoms with E-state index in [9.17, 15) is 4.79 Å². The normalized spacial score (nSPS) is 10.1. The summed E-state index contributed by atoms with van der Waals surface area (Å²) in [4.78, 5) is 13.4. The summed E-state index contributed by atoms with van der Waals surface area (Å²) in [5, 5.41) is 2.83. The average Bonchev–Trinajstić information content (AvgIpc) is 2.18. The lowest BCUT2D eigenvalue weighted by Crippen LogP contribution is -2.37. The topological polar surface area (TPSA) is 32.3 Å². The van der Waals surface area contributed by atoms with Gasteiger partial charge >= 0.3 is 0 Å². The van der Waals surface area contributed by atoms with Crippen molar-refractivity contribution < 1.29 is 4.79 Å². The molecule has 0 atom stereocenters. The van der Waals surface area contributed by atoms with Crippen LogP contribution in [-0.2, 0) is 0 Å². The Kier molecular flexibility index (Phi) is 4.91. The molecule has 4 heteroatoms. The molecule has 0 aliphatic heterocycles. The zero-order valence-corrected chi connectivity index (χ0v) is 9.23. The maximum atomic E-state index is 11.4. The Balaban J connectivity index is 2.25. The number of nitrogens with zero attached hydrogens (tertiary/aromatic N) is 1. The second-order valence-corrected chi connectivity index (χ2v) is 3.65. The molecule has 0 saturated heterocycles. The van der Waals surface area contributed by atoms with Crippen molar-refractivity contribution in [2.45, 2.75) is 0 Å². The van der Waals surface area contributed by atoms with Crippen molar-refractivity contribution in [2.24, 2.45) is 0 Å². The highest BCUT2D eigenvalue weighted by Crippen LogP contribution is 1.82. The Bertz CT molecular complexity index is 301.